The van der Waals surface area contributed by atoms with Crippen LogP contribution in [0.3, 0.4) is 0 Å². The first-order valence-corrected chi connectivity index (χ1v) is 7.79. The molecular formula is C17H24N4. The smallest absolute Gasteiger partial charge is 0.0645 e. The van der Waals surface area contributed by atoms with Crippen molar-refractivity contribution in [3.63, 3.8) is 0 Å². The van der Waals surface area contributed by atoms with Crippen LogP contribution in [-0.4, -0.2) is 33.8 Å². The SMILES string of the molecule is CC1CCN(Cc2ccc(-n3cccn3)cc2)C(CN)C1. The Kier molecular flexibility index (Phi) is 4.36. The highest BCUT2D eigenvalue weighted by molar-refractivity contribution is 5.33. The maximum absolute atomic E-state index is 5.94. The van der Waals surface area contributed by atoms with Crippen LogP contribution in [0, 0.1) is 5.92 Å². The van der Waals surface area contributed by atoms with Gasteiger partial charge in [0.25, 0.3) is 0 Å². The summed E-state index contributed by atoms with van der Waals surface area (Å²) < 4.78 is 1.88. The summed E-state index contributed by atoms with van der Waals surface area (Å²) in [5, 5.41) is 4.26. The van der Waals surface area contributed by atoms with E-state index in [1.54, 1.807) is 6.20 Å². The predicted molar refractivity (Wildman–Crippen MR) is 85.2 cm³/mol. The molecule has 1 aliphatic heterocycles. The van der Waals surface area contributed by atoms with Gasteiger partial charge in [0.15, 0.2) is 0 Å². The Bertz CT molecular complexity index is 547. The molecule has 1 saturated heterocycles. The average Bonchev–Trinajstić information content (AvgIpc) is 3.04. The molecule has 0 amide bonds. The molecule has 21 heavy (non-hydrogen) atoms. The van der Waals surface area contributed by atoms with E-state index in [1.807, 2.05) is 16.9 Å². The average molecular weight is 284 g/mol. The lowest BCUT2D eigenvalue weighted by atomic mass is 9.92. The summed E-state index contributed by atoms with van der Waals surface area (Å²) in [6.07, 6.45) is 6.27. The predicted octanol–water partition coefficient (Wildman–Crippen LogP) is 2.43. The number of benzene rings is 1. The maximum atomic E-state index is 5.94. The third kappa shape index (κ3) is 3.34. The van der Waals surface area contributed by atoms with Crippen LogP contribution in [0.5, 0.6) is 0 Å². The summed E-state index contributed by atoms with van der Waals surface area (Å²) in [4.78, 5) is 2.53. The van der Waals surface area contributed by atoms with E-state index < -0.39 is 0 Å². The Morgan fingerprint density at radius 1 is 1.29 bits per heavy atom. The second-order valence-corrected chi connectivity index (χ2v) is 6.11. The molecule has 3 rings (SSSR count). The molecule has 0 radical (unpaired) electrons. The molecule has 1 aliphatic rings. The molecule has 2 N–H and O–H groups in total. The van der Waals surface area contributed by atoms with Gasteiger partial charge in [-0.25, -0.2) is 4.68 Å². The van der Waals surface area contributed by atoms with Gasteiger partial charge >= 0.3 is 0 Å². The largest absolute Gasteiger partial charge is 0.329 e. The lowest BCUT2D eigenvalue weighted by Crippen LogP contribution is -2.45. The second kappa shape index (κ2) is 6.41. The summed E-state index contributed by atoms with van der Waals surface area (Å²) in [7, 11) is 0. The van der Waals surface area contributed by atoms with Crippen molar-refractivity contribution in [1.82, 2.24) is 14.7 Å². The lowest BCUT2D eigenvalue weighted by molar-refractivity contribution is 0.115. The van der Waals surface area contributed by atoms with Crippen LogP contribution in [0.4, 0.5) is 0 Å². The van der Waals surface area contributed by atoms with Crippen LogP contribution in [0.2, 0.25) is 0 Å². The first-order valence-electron chi connectivity index (χ1n) is 7.79. The Balaban J connectivity index is 1.67. The minimum Gasteiger partial charge on any atom is -0.329 e. The molecule has 4 nitrogen and oxygen atoms in total. The van der Waals surface area contributed by atoms with E-state index in [1.165, 1.54) is 18.4 Å². The molecule has 4 heteroatoms. The Morgan fingerprint density at radius 2 is 2.10 bits per heavy atom. The molecule has 2 unspecified atom stereocenters. The van der Waals surface area contributed by atoms with Crippen molar-refractivity contribution in [2.75, 3.05) is 13.1 Å². The molecule has 1 aromatic carbocycles. The van der Waals surface area contributed by atoms with Crippen LogP contribution in [-0.2, 0) is 6.54 Å². The van der Waals surface area contributed by atoms with Crippen LogP contribution < -0.4 is 5.73 Å². The number of hydrogen-bond donors (Lipinski definition) is 1. The Labute approximate surface area is 126 Å². The van der Waals surface area contributed by atoms with Gasteiger partial charge in [-0.1, -0.05) is 19.1 Å². The molecule has 0 bridgehead atoms. The normalized spacial score (nSPS) is 23.3. The topological polar surface area (TPSA) is 47.1 Å². The fourth-order valence-electron chi connectivity index (χ4n) is 3.16. The molecule has 1 aromatic heterocycles. The number of nitrogens with zero attached hydrogens (tertiary/aromatic N) is 3. The van der Waals surface area contributed by atoms with Gasteiger partial charge in [0.2, 0.25) is 0 Å². The zero-order valence-corrected chi connectivity index (χ0v) is 12.7. The van der Waals surface area contributed by atoms with Gasteiger partial charge in [-0.3, -0.25) is 4.90 Å². The summed E-state index contributed by atoms with van der Waals surface area (Å²) in [5.41, 5.74) is 8.39. The van der Waals surface area contributed by atoms with Gasteiger partial charge in [0.1, 0.15) is 0 Å². The first-order chi connectivity index (χ1) is 10.3. The highest BCUT2D eigenvalue weighted by Crippen LogP contribution is 2.23. The van der Waals surface area contributed by atoms with Gasteiger partial charge in [0, 0.05) is 31.5 Å². The van der Waals surface area contributed by atoms with Crippen molar-refractivity contribution in [2.45, 2.75) is 32.4 Å². The zero-order chi connectivity index (χ0) is 14.7. The van der Waals surface area contributed by atoms with Crippen molar-refractivity contribution < 1.29 is 0 Å². The van der Waals surface area contributed by atoms with Gasteiger partial charge in [-0.2, -0.15) is 5.10 Å². The molecule has 112 valence electrons. The molecule has 0 spiro atoms. The van der Waals surface area contributed by atoms with Crippen LogP contribution in [0.1, 0.15) is 25.3 Å². The van der Waals surface area contributed by atoms with E-state index in [4.69, 9.17) is 5.73 Å². The number of hydrogen-bond acceptors (Lipinski definition) is 3. The summed E-state index contributed by atoms with van der Waals surface area (Å²) in [6, 6.07) is 11.1. The van der Waals surface area contributed by atoms with E-state index >= 15 is 0 Å². The van der Waals surface area contributed by atoms with E-state index in [-0.39, 0.29) is 0 Å². The fourth-order valence-corrected chi connectivity index (χ4v) is 3.16. The molecule has 2 aromatic rings. The number of nitrogens with two attached hydrogens (primary N) is 1. The molecule has 2 atom stereocenters. The minimum absolute atomic E-state index is 0.527. The Hall–Kier alpha value is -1.65. The highest BCUT2D eigenvalue weighted by Gasteiger charge is 2.24. The third-order valence-electron chi connectivity index (χ3n) is 4.46. The van der Waals surface area contributed by atoms with Crippen molar-refractivity contribution in [3.05, 3.63) is 48.3 Å². The Morgan fingerprint density at radius 3 is 2.76 bits per heavy atom. The van der Waals surface area contributed by atoms with Gasteiger partial charge < -0.3 is 5.73 Å². The van der Waals surface area contributed by atoms with Crippen molar-refractivity contribution >= 4 is 0 Å². The third-order valence-corrected chi connectivity index (χ3v) is 4.46. The summed E-state index contributed by atoms with van der Waals surface area (Å²) >= 11 is 0. The first kappa shape index (κ1) is 14.3. The summed E-state index contributed by atoms with van der Waals surface area (Å²) in [5.74, 6) is 0.803. The number of rotatable bonds is 4. The molecular weight excluding hydrogens is 260 g/mol. The van der Waals surface area contributed by atoms with Crippen molar-refractivity contribution in [1.29, 1.82) is 0 Å². The number of piperidine rings is 1. The maximum Gasteiger partial charge on any atom is 0.0645 e. The van der Waals surface area contributed by atoms with Crippen LogP contribution >= 0.6 is 0 Å². The molecule has 0 aliphatic carbocycles. The monoisotopic (exact) mass is 284 g/mol. The van der Waals surface area contributed by atoms with Crippen LogP contribution in [0.15, 0.2) is 42.7 Å². The zero-order valence-electron chi connectivity index (χ0n) is 12.7. The lowest BCUT2D eigenvalue weighted by Gasteiger charge is -2.38. The fraction of sp³-hybridized carbons (Fsp3) is 0.471. The highest BCUT2D eigenvalue weighted by atomic mass is 15.3. The van der Waals surface area contributed by atoms with Gasteiger partial charge in [-0.15, -0.1) is 0 Å². The van der Waals surface area contributed by atoms with Gasteiger partial charge in [0.05, 0.1) is 5.69 Å². The van der Waals surface area contributed by atoms with Gasteiger partial charge in [-0.05, 0) is 49.1 Å². The van der Waals surface area contributed by atoms with E-state index in [9.17, 15) is 0 Å². The van der Waals surface area contributed by atoms with Crippen molar-refractivity contribution in [2.24, 2.45) is 11.7 Å². The van der Waals surface area contributed by atoms with E-state index in [2.05, 4.69) is 41.2 Å². The van der Waals surface area contributed by atoms with Crippen LogP contribution in [0.25, 0.3) is 5.69 Å². The quantitative estimate of drug-likeness (QED) is 0.938. The molecule has 0 saturated carbocycles. The minimum atomic E-state index is 0.527. The second-order valence-electron chi connectivity index (χ2n) is 6.11. The van der Waals surface area contributed by atoms with Crippen molar-refractivity contribution in [3.8, 4) is 5.69 Å². The molecule has 2 heterocycles. The number of likely N-dealkylation sites (tertiary alicyclic amines) is 1. The molecule has 1 fully saturated rings. The number of aromatic nitrogens is 2. The summed E-state index contributed by atoms with van der Waals surface area (Å²) in [6.45, 7) is 5.24. The van der Waals surface area contributed by atoms with E-state index in [0.29, 0.717) is 6.04 Å². The standard InChI is InChI=1S/C17H24N4/c1-14-7-10-20(17(11-14)12-18)13-15-3-5-16(6-4-15)21-9-2-8-19-21/h2-6,8-9,14,17H,7,10-13,18H2,1H3. The van der Waals surface area contributed by atoms with E-state index in [0.717, 1.165) is 31.2 Å².